The average Bonchev–Trinajstić information content (AvgIpc) is 3.03. The number of carbonyl (C=O) groups excluding carboxylic acids is 1. The molecule has 28 heavy (non-hydrogen) atoms. The fourth-order valence-electron chi connectivity index (χ4n) is 2.85. The number of hydrogen-bond acceptors (Lipinski definition) is 3. The minimum absolute atomic E-state index is 0.129. The van der Waals surface area contributed by atoms with Crippen molar-refractivity contribution in [2.45, 2.75) is 6.54 Å². The van der Waals surface area contributed by atoms with Gasteiger partial charge in [0.1, 0.15) is 6.54 Å². The first-order valence-electron chi connectivity index (χ1n) is 8.74. The molecule has 1 heterocycles. The van der Waals surface area contributed by atoms with Gasteiger partial charge in [-0.05, 0) is 42.5 Å². The van der Waals surface area contributed by atoms with Gasteiger partial charge in [-0.15, -0.1) is 0 Å². The van der Waals surface area contributed by atoms with Gasteiger partial charge < -0.3 is 9.73 Å². The van der Waals surface area contributed by atoms with Crippen LogP contribution in [0.1, 0.15) is 11.1 Å². The maximum atomic E-state index is 12.4. The van der Waals surface area contributed by atoms with E-state index in [4.69, 9.17) is 4.42 Å². The van der Waals surface area contributed by atoms with Crippen LogP contribution < -0.4 is 11.1 Å². The molecule has 0 aliphatic carbocycles. The minimum Gasteiger partial charge on any atom is -0.408 e. The van der Waals surface area contributed by atoms with Crippen LogP contribution >= 0.6 is 0 Å². The van der Waals surface area contributed by atoms with Crippen LogP contribution in [0.5, 0.6) is 0 Å². The van der Waals surface area contributed by atoms with Crippen molar-refractivity contribution >= 4 is 22.7 Å². The number of rotatable bonds is 3. The molecule has 5 nitrogen and oxygen atoms in total. The van der Waals surface area contributed by atoms with E-state index in [2.05, 4.69) is 17.2 Å². The number of aromatic nitrogens is 1. The van der Waals surface area contributed by atoms with Gasteiger partial charge >= 0.3 is 5.76 Å². The molecule has 3 aromatic carbocycles. The molecule has 5 heteroatoms. The van der Waals surface area contributed by atoms with Gasteiger partial charge in [0.2, 0.25) is 5.91 Å². The number of fused-ring (bicyclic) bond motifs is 1. The minimum atomic E-state index is -0.557. The van der Waals surface area contributed by atoms with E-state index >= 15 is 0 Å². The molecule has 1 amide bonds. The van der Waals surface area contributed by atoms with Gasteiger partial charge in [0, 0.05) is 16.8 Å². The van der Waals surface area contributed by atoms with Gasteiger partial charge in [-0.25, -0.2) is 4.79 Å². The number of amides is 1. The summed E-state index contributed by atoms with van der Waals surface area (Å²) < 4.78 is 6.46. The van der Waals surface area contributed by atoms with Crippen molar-refractivity contribution in [2.75, 3.05) is 5.32 Å². The third-order valence-corrected chi connectivity index (χ3v) is 4.15. The molecule has 0 saturated heterocycles. The highest BCUT2D eigenvalue weighted by atomic mass is 16.4. The molecule has 0 unspecified atom stereocenters. The van der Waals surface area contributed by atoms with Crippen molar-refractivity contribution < 1.29 is 9.21 Å². The summed E-state index contributed by atoms with van der Waals surface area (Å²) in [5.41, 5.74) is 3.37. The van der Waals surface area contributed by atoms with Gasteiger partial charge in [0.25, 0.3) is 0 Å². The number of nitrogens with zero attached hydrogens (tertiary/aromatic N) is 1. The molecule has 0 radical (unpaired) electrons. The van der Waals surface area contributed by atoms with Crippen LogP contribution in [0.25, 0.3) is 11.1 Å². The Morgan fingerprint density at radius 3 is 2.46 bits per heavy atom. The molecule has 0 spiro atoms. The molecular formula is C23H16N2O3. The lowest BCUT2D eigenvalue weighted by atomic mass is 10.1. The Morgan fingerprint density at radius 1 is 0.893 bits per heavy atom. The maximum absolute atomic E-state index is 12.4. The third kappa shape index (κ3) is 3.87. The number of anilines is 1. The summed E-state index contributed by atoms with van der Waals surface area (Å²) in [6.45, 7) is -0.129. The first-order valence-corrected chi connectivity index (χ1v) is 8.74. The highest BCUT2D eigenvalue weighted by Crippen LogP contribution is 2.13. The molecule has 0 aliphatic heterocycles. The highest BCUT2D eigenvalue weighted by molar-refractivity contribution is 5.91. The molecule has 0 bridgehead atoms. The zero-order chi connectivity index (χ0) is 19.3. The van der Waals surface area contributed by atoms with E-state index in [1.165, 1.54) is 4.57 Å². The monoisotopic (exact) mass is 368 g/mol. The normalized spacial score (nSPS) is 10.3. The van der Waals surface area contributed by atoms with Crippen LogP contribution in [-0.4, -0.2) is 10.5 Å². The summed E-state index contributed by atoms with van der Waals surface area (Å²) in [5, 5.41) is 2.80. The topological polar surface area (TPSA) is 64.2 Å². The summed E-state index contributed by atoms with van der Waals surface area (Å²) in [7, 11) is 0. The maximum Gasteiger partial charge on any atom is 0.420 e. The van der Waals surface area contributed by atoms with E-state index in [1.54, 1.807) is 36.4 Å². The summed E-state index contributed by atoms with van der Waals surface area (Å²) in [6.07, 6.45) is 0. The van der Waals surface area contributed by atoms with E-state index in [0.29, 0.717) is 16.8 Å². The van der Waals surface area contributed by atoms with Gasteiger partial charge in [-0.3, -0.25) is 9.36 Å². The largest absolute Gasteiger partial charge is 0.420 e. The summed E-state index contributed by atoms with van der Waals surface area (Å²) in [4.78, 5) is 24.4. The van der Waals surface area contributed by atoms with Crippen molar-refractivity contribution in [3.8, 4) is 11.8 Å². The summed E-state index contributed by atoms with van der Waals surface area (Å²) in [5.74, 6) is 5.29. The first-order chi connectivity index (χ1) is 13.7. The standard InChI is InChI=1S/C23H16N2O3/c26-22(16-25-20-11-4-5-12-21(20)28-23(25)27)24-19-10-6-9-18(15-19)14-13-17-7-2-1-3-8-17/h1-12,15H,16H2,(H,24,26). The molecule has 136 valence electrons. The van der Waals surface area contributed by atoms with E-state index in [-0.39, 0.29) is 12.5 Å². The Labute approximate surface area is 161 Å². The Hall–Kier alpha value is -4.04. The number of para-hydroxylation sites is 2. The van der Waals surface area contributed by atoms with Gasteiger partial charge in [0.05, 0.1) is 5.52 Å². The zero-order valence-electron chi connectivity index (χ0n) is 14.9. The van der Waals surface area contributed by atoms with Crippen LogP contribution in [0.2, 0.25) is 0 Å². The van der Waals surface area contributed by atoms with E-state index < -0.39 is 5.76 Å². The van der Waals surface area contributed by atoms with Crippen molar-refractivity contribution in [1.29, 1.82) is 0 Å². The van der Waals surface area contributed by atoms with Crippen molar-refractivity contribution in [2.24, 2.45) is 0 Å². The number of oxazole rings is 1. The fraction of sp³-hybridized carbons (Fsp3) is 0.0435. The van der Waals surface area contributed by atoms with Crippen LogP contribution in [-0.2, 0) is 11.3 Å². The molecule has 4 rings (SSSR count). The molecule has 0 atom stereocenters. The van der Waals surface area contributed by atoms with Gasteiger partial charge in [-0.2, -0.15) is 0 Å². The van der Waals surface area contributed by atoms with Crippen LogP contribution in [0, 0.1) is 11.8 Å². The fourth-order valence-corrected chi connectivity index (χ4v) is 2.85. The van der Waals surface area contributed by atoms with E-state index in [0.717, 1.165) is 11.1 Å². The van der Waals surface area contributed by atoms with Gasteiger partial charge in [0.15, 0.2) is 5.58 Å². The third-order valence-electron chi connectivity index (χ3n) is 4.15. The van der Waals surface area contributed by atoms with Gasteiger partial charge in [-0.1, -0.05) is 48.2 Å². The van der Waals surface area contributed by atoms with Crippen molar-refractivity contribution in [3.63, 3.8) is 0 Å². The second kappa shape index (κ2) is 7.68. The second-order valence-electron chi connectivity index (χ2n) is 6.17. The molecule has 0 saturated carbocycles. The Morgan fingerprint density at radius 2 is 1.61 bits per heavy atom. The van der Waals surface area contributed by atoms with Crippen LogP contribution in [0.15, 0.2) is 88.1 Å². The highest BCUT2D eigenvalue weighted by Gasteiger charge is 2.12. The average molecular weight is 368 g/mol. The molecule has 1 N–H and O–H groups in total. The van der Waals surface area contributed by atoms with Crippen LogP contribution in [0.3, 0.4) is 0 Å². The number of nitrogens with one attached hydrogen (secondary N) is 1. The number of hydrogen-bond donors (Lipinski definition) is 1. The van der Waals surface area contributed by atoms with E-state index in [1.807, 2.05) is 42.5 Å². The molecule has 4 aromatic rings. The van der Waals surface area contributed by atoms with Crippen molar-refractivity contribution in [3.05, 3.63) is 101 Å². The predicted molar refractivity (Wildman–Crippen MR) is 108 cm³/mol. The zero-order valence-corrected chi connectivity index (χ0v) is 14.9. The number of carbonyl (C=O) groups is 1. The summed E-state index contributed by atoms with van der Waals surface area (Å²) >= 11 is 0. The second-order valence-corrected chi connectivity index (χ2v) is 6.17. The first kappa shape index (κ1) is 17.4. The molecule has 0 fully saturated rings. The Bertz CT molecular complexity index is 1260. The number of benzene rings is 3. The molecule has 1 aromatic heterocycles. The molecule has 0 aliphatic rings. The van der Waals surface area contributed by atoms with Crippen LogP contribution in [0.4, 0.5) is 5.69 Å². The lowest BCUT2D eigenvalue weighted by molar-refractivity contribution is -0.116. The smallest absolute Gasteiger partial charge is 0.408 e. The summed E-state index contributed by atoms with van der Waals surface area (Å²) in [6, 6.07) is 24.0. The van der Waals surface area contributed by atoms with Crippen molar-refractivity contribution in [1.82, 2.24) is 4.57 Å². The quantitative estimate of drug-likeness (QED) is 0.562. The predicted octanol–water partition coefficient (Wildman–Crippen LogP) is 3.63. The lowest BCUT2D eigenvalue weighted by Crippen LogP contribution is -2.24. The Balaban J connectivity index is 1.50. The Kier molecular flexibility index (Phi) is 4.77. The van der Waals surface area contributed by atoms with E-state index in [9.17, 15) is 9.59 Å². The molecular weight excluding hydrogens is 352 g/mol. The SMILES string of the molecule is O=C(Cn1c(=O)oc2ccccc21)Nc1cccc(C#Cc2ccccc2)c1. The lowest BCUT2D eigenvalue weighted by Gasteiger charge is -2.06.